The maximum atomic E-state index is 12.4. The van der Waals surface area contributed by atoms with Gasteiger partial charge in [-0.2, -0.15) is 0 Å². The topological polar surface area (TPSA) is 65.0 Å². The van der Waals surface area contributed by atoms with Crippen molar-refractivity contribution < 1.29 is 14.6 Å². The van der Waals surface area contributed by atoms with Crippen LogP contribution < -0.4 is 10.1 Å². The molecule has 1 aromatic rings. The molecule has 0 saturated carbocycles. The lowest BCUT2D eigenvalue weighted by molar-refractivity contribution is 0.0225. The lowest BCUT2D eigenvalue weighted by atomic mass is 10.0. The molecule has 2 saturated heterocycles. The van der Waals surface area contributed by atoms with Gasteiger partial charge in [0, 0.05) is 45.3 Å². The van der Waals surface area contributed by atoms with Crippen molar-refractivity contribution in [3.63, 3.8) is 0 Å². The highest BCUT2D eigenvalue weighted by atomic mass is 16.5. The van der Waals surface area contributed by atoms with E-state index in [9.17, 15) is 9.90 Å². The van der Waals surface area contributed by atoms with Crippen LogP contribution in [0, 0.1) is 0 Å². The summed E-state index contributed by atoms with van der Waals surface area (Å²) in [6, 6.07) is 5.19. The van der Waals surface area contributed by atoms with Crippen molar-refractivity contribution >= 4 is 5.91 Å². The molecule has 0 aliphatic carbocycles. The Hall–Kier alpha value is -1.79. The largest absolute Gasteiger partial charge is 0.507 e. The Morgan fingerprint density at radius 1 is 1.33 bits per heavy atom. The third-order valence-corrected chi connectivity index (χ3v) is 4.25. The number of hydrogen-bond donors (Lipinski definition) is 2. The van der Waals surface area contributed by atoms with E-state index in [1.54, 1.807) is 24.1 Å². The van der Waals surface area contributed by atoms with E-state index in [2.05, 4.69) is 10.2 Å². The molecule has 6 nitrogen and oxygen atoms in total. The van der Waals surface area contributed by atoms with E-state index in [-0.39, 0.29) is 11.7 Å². The lowest BCUT2D eigenvalue weighted by Crippen LogP contribution is -2.63. The number of likely N-dealkylation sites (tertiary alicyclic amines) is 1. The number of carbonyl (C=O) groups is 1. The minimum atomic E-state index is -0.127. The molecule has 6 heteroatoms. The van der Waals surface area contributed by atoms with E-state index in [4.69, 9.17) is 4.74 Å². The van der Waals surface area contributed by atoms with E-state index in [0.29, 0.717) is 17.4 Å². The average Bonchev–Trinajstić information content (AvgIpc) is 2.47. The molecule has 0 bridgehead atoms. The second kappa shape index (κ2) is 5.91. The number of aromatic hydroxyl groups is 1. The zero-order valence-electron chi connectivity index (χ0n) is 12.2. The molecule has 2 aliphatic heterocycles. The summed E-state index contributed by atoms with van der Waals surface area (Å²) in [6.45, 7) is 5.57. The zero-order chi connectivity index (χ0) is 14.8. The lowest BCUT2D eigenvalue weighted by Gasteiger charge is -2.46. The monoisotopic (exact) mass is 291 g/mol. The summed E-state index contributed by atoms with van der Waals surface area (Å²) in [5, 5.41) is 13.2. The van der Waals surface area contributed by atoms with Crippen molar-refractivity contribution in [1.82, 2.24) is 15.1 Å². The summed E-state index contributed by atoms with van der Waals surface area (Å²) in [5.74, 6) is 0.458. The number of carbonyl (C=O) groups excluding carboxylic acids is 1. The Kier molecular flexibility index (Phi) is 3.98. The van der Waals surface area contributed by atoms with Crippen LogP contribution in [0.3, 0.4) is 0 Å². The summed E-state index contributed by atoms with van der Waals surface area (Å²) < 4.78 is 5.11. The Labute approximate surface area is 124 Å². The molecule has 2 N–H and O–H groups in total. The summed E-state index contributed by atoms with van der Waals surface area (Å²) in [4.78, 5) is 16.6. The quantitative estimate of drug-likeness (QED) is 0.829. The Bertz CT molecular complexity index is 523. The molecule has 0 aromatic heterocycles. The minimum absolute atomic E-state index is 0.00595. The van der Waals surface area contributed by atoms with Gasteiger partial charge in [-0.05, 0) is 18.2 Å². The number of nitrogens with zero attached hydrogens (tertiary/aromatic N) is 2. The Morgan fingerprint density at radius 2 is 2.05 bits per heavy atom. The summed E-state index contributed by atoms with van der Waals surface area (Å²) in [5.41, 5.74) is 0.313. The van der Waals surface area contributed by atoms with Crippen LogP contribution in [0.25, 0.3) is 0 Å². The smallest absolute Gasteiger partial charge is 0.257 e. The third-order valence-electron chi connectivity index (χ3n) is 4.25. The highest BCUT2D eigenvalue weighted by molar-refractivity contribution is 5.97. The van der Waals surface area contributed by atoms with E-state index in [1.165, 1.54) is 6.07 Å². The maximum absolute atomic E-state index is 12.4. The normalized spacial score (nSPS) is 20.1. The zero-order valence-corrected chi connectivity index (χ0v) is 12.2. The highest BCUT2D eigenvalue weighted by Crippen LogP contribution is 2.26. The molecule has 0 spiro atoms. The summed E-state index contributed by atoms with van der Waals surface area (Å²) in [6.07, 6.45) is 0. The molecule has 2 aliphatic rings. The summed E-state index contributed by atoms with van der Waals surface area (Å²) >= 11 is 0. The SMILES string of the molecule is COc1ccc(O)c(C(=O)N2CC(N3CCNCC3)C2)c1. The summed E-state index contributed by atoms with van der Waals surface area (Å²) in [7, 11) is 1.55. The number of phenols is 1. The molecule has 114 valence electrons. The average molecular weight is 291 g/mol. The number of hydrogen-bond acceptors (Lipinski definition) is 5. The highest BCUT2D eigenvalue weighted by Gasteiger charge is 2.36. The molecule has 2 heterocycles. The van der Waals surface area contributed by atoms with Crippen LogP contribution in [0.4, 0.5) is 0 Å². The first kappa shape index (κ1) is 14.2. The number of nitrogens with one attached hydrogen (secondary N) is 1. The second-order valence-corrected chi connectivity index (χ2v) is 5.53. The fourth-order valence-corrected chi connectivity index (χ4v) is 2.88. The fraction of sp³-hybridized carbons (Fsp3) is 0.533. The van der Waals surface area contributed by atoms with Crippen LogP contribution in [0.5, 0.6) is 11.5 Å². The minimum Gasteiger partial charge on any atom is -0.507 e. The molecule has 3 rings (SSSR count). The van der Waals surface area contributed by atoms with Crippen molar-refractivity contribution in [3.05, 3.63) is 23.8 Å². The van der Waals surface area contributed by atoms with Gasteiger partial charge in [-0.15, -0.1) is 0 Å². The molecule has 1 amide bonds. The Balaban J connectivity index is 1.62. The third kappa shape index (κ3) is 2.82. The molecule has 2 fully saturated rings. The van der Waals surface area contributed by atoms with Crippen LogP contribution in [0.1, 0.15) is 10.4 Å². The molecule has 0 radical (unpaired) electrons. The van der Waals surface area contributed by atoms with Gasteiger partial charge in [0.1, 0.15) is 11.5 Å². The van der Waals surface area contributed by atoms with E-state index in [1.807, 2.05) is 0 Å². The molecular weight excluding hydrogens is 270 g/mol. The molecule has 0 atom stereocenters. The first-order valence-electron chi connectivity index (χ1n) is 7.30. The number of ether oxygens (including phenoxy) is 1. The van der Waals surface area contributed by atoms with Gasteiger partial charge in [-0.1, -0.05) is 0 Å². The predicted octanol–water partition coefficient (Wildman–Crippen LogP) is 0.130. The molecule has 21 heavy (non-hydrogen) atoms. The predicted molar refractivity (Wildman–Crippen MR) is 78.8 cm³/mol. The van der Waals surface area contributed by atoms with Crippen LogP contribution in [0.15, 0.2) is 18.2 Å². The first-order chi connectivity index (χ1) is 10.2. The van der Waals surface area contributed by atoms with Crippen molar-refractivity contribution in [3.8, 4) is 11.5 Å². The van der Waals surface area contributed by atoms with Gasteiger partial charge >= 0.3 is 0 Å². The maximum Gasteiger partial charge on any atom is 0.257 e. The van der Waals surface area contributed by atoms with Gasteiger partial charge in [0.05, 0.1) is 12.7 Å². The van der Waals surface area contributed by atoms with Gasteiger partial charge in [0.2, 0.25) is 0 Å². The van der Waals surface area contributed by atoms with E-state index in [0.717, 1.165) is 39.3 Å². The van der Waals surface area contributed by atoms with Gasteiger partial charge in [0.25, 0.3) is 5.91 Å². The molecule has 0 unspecified atom stereocenters. The number of amides is 1. The second-order valence-electron chi connectivity index (χ2n) is 5.53. The van der Waals surface area contributed by atoms with Crippen molar-refractivity contribution in [2.75, 3.05) is 46.4 Å². The standard InChI is InChI=1S/C15H21N3O3/c1-21-12-2-3-14(19)13(8-12)15(20)18-9-11(10-18)17-6-4-16-5-7-17/h2-3,8,11,16,19H,4-7,9-10H2,1H3. The van der Waals surface area contributed by atoms with Gasteiger partial charge < -0.3 is 20.1 Å². The molecular formula is C15H21N3O3. The number of methoxy groups -OCH3 is 1. The number of rotatable bonds is 3. The van der Waals surface area contributed by atoms with Gasteiger partial charge in [-0.3, -0.25) is 9.69 Å². The van der Waals surface area contributed by atoms with Crippen molar-refractivity contribution in [2.24, 2.45) is 0 Å². The van der Waals surface area contributed by atoms with Gasteiger partial charge in [0.15, 0.2) is 0 Å². The Morgan fingerprint density at radius 3 is 2.71 bits per heavy atom. The van der Waals surface area contributed by atoms with Crippen molar-refractivity contribution in [2.45, 2.75) is 6.04 Å². The van der Waals surface area contributed by atoms with Crippen LogP contribution >= 0.6 is 0 Å². The van der Waals surface area contributed by atoms with Crippen LogP contribution in [-0.4, -0.2) is 73.2 Å². The number of piperazine rings is 1. The first-order valence-corrected chi connectivity index (χ1v) is 7.30. The van der Waals surface area contributed by atoms with E-state index >= 15 is 0 Å². The van der Waals surface area contributed by atoms with Crippen LogP contribution in [-0.2, 0) is 0 Å². The van der Waals surface area contributed by atoms with Gasteiger partial charge in [-0.25, -0.2) is 0 Å². The van der Waals surface area contributed by atoms with E-state index < -0.39 is 0 Å². The van der Waals surface area contributed by atoms with Crippen LogP contribution in [0.2, 0.25) is 0 Å². The molecule has 1 aromatic carbocycles. The number of phenolic OH excluding ortho intramolecular Hbond substituents is 1. The number of benzene rings is 1. The fourth-order valence-electron chi connectivity index (χ4n) is 2.88. The van der Waals surface area contributed by atoms with Crippen molar-refractivity contribution in [1.29, 1.82) is 0 Å².